The Balaban J connectivity index is 2.11. The van der Waals surface area contributed by atoms with E-state index in [9.17, 15) is 0 Å². The molecule has 102 valence electrons. The van der Waals surface area contributed by atoms with Gasteiger partial charge in [-0.05, 0) is 52.2 Å². The molecule has 2 atom stereocenters. The maximum Gasteiger partial charge on any atom is 0.0593 e. The number of hydrogen-bond acceptors (Lipinski definition) is 3. The summed E-state index contributed by atoms with van der Waals surface area (Å²) in [7, 11) is 2.20. The molecule has 3 nitrogen and oxygen atoms in total. The molecule has 0 aromatic heterocycles. The fourth-order valence-electron chi connectivity index (χ4n) is 2.78. The Bertz CT molecular complexity index is 187. The quantitative estimate of drug-likeness (QED) is 0.627. The van der Waals surface area contributed by atoms with E-state index in [-0.39, 0.29) is 0 Å². The number of likely N-dealkylation sites (N-methyl/N-ethyl adjacent to an activating group) is 1. The summed E-state index contributed by atoms with van der Waals surface area (Å²) in [6.45, 7) is 9.35. The normalized spacial score (nSPS) is 24.7. The van der Waals surface area contributed by atoms with Crippen LogP contribution >= 0.6 is 0 Å². The van der Waals surface area contributed by atoms with E-state index in [1.165, 1.54) is 32.2 Å². The van der Waals surface area contributed by atoms with Crippen molar-refractivity contribution >= 4 is 0 Å². The molecule has 1 saturated carbocycles. The Morgan fingerprint density at radius 2 is 2.06 bits per heavy atom. The summed E-state index contributed by atoms with van der Waals surface area (Å²) < 4.78 is 5.38. The van der Waals surface area contributed by atoms with E-state index >= 15 is 0 Å². The van der Waals surface area contributed by atoms with E-state index in [2.05, 4.69) is 31.1 Å². The monoisotopic (exact) mass is 242 g/mol. The van der Waals surface area contributed by atoms with Gasteiger partial charge in [-0.25, -0.2) is 0 Å². The van der Waals surface area contributed by atoms with Crippen LogP contribution in [0.25, 0.3) is 0 Å². The molecule has 0 aliphatic heterocycles. The number of nitrogens with one attached hydrogen (secondary N) is 1. The van der Waals surface area contributed by atoms with Crippen molar-refractivity contribution in [2.45, 2.75) is 45.6 Å². The summed E-state index contributed by atoms with van der Waals surface area (Å²) in [5, 5.41) is 3.63. The van der Waals surface area contributed by atoms with Crippen LogP contribution in [-0.4, -0.2) is 50.8 Å². The van der Waals surface area contributed by atoms with Crippen molar-refractivity contribution in [3.05, 3.63) is 0 Å². The van der Waals surface area contributed by atoms with E-state index in [0.29, 0.717) is 0 Å². The Labute approximate surface area is 107 Å². The van der Waals surface area contributed by atoms with Gasteiger partial charge in [0.05, 0.1) is 6.61 Å². The van der Waals surface area contributed by atoms with Gasteiger partial charge in [-0.1, -0.05) is 13.3 Å². The van der Waals surface area contributed by atoms with Crippen LogP contribution < -0.4 is 5.32 Å². The molecule has 1 fully saturated rings. The fraction of sp³-hybridized carbons (Fsp3) is 1.00. The molecule has 0 amide bonds. The van der Waals surface area contributed by atoms with Crippen LogP contribution in [0.3, 0.4) is 0 Å². The van der Waals surface area contributed by atoms with Gasteiger partial charge in [-0.15, -0.1) is 0 Å². The zero-order valence-electron chi connectivity index (χ0n) is 11.9. The van der Waals surface area contributed by atoms with Gasteiger partial charge < -0.3 is 15.0 Å². The Morgan fingerprint density at radius 1 is 1.24 bits per heavy atom. The van der Waals surface area contributed by atoms with Crippen LogP contribution in [0.15, 0.2) is 0 Å². The summed E-state index contributed by atoms with van der Waals surface area (Å²) in [5.74, 6) is 0.893. The van der Waals surface area contributed by atoms with Gasteiger partial charge in [-0.2, -0.15) is 0 Å². The molecule has 0 bridgehead atoms. The summed E-state index contributed by atoms with van der Waals surface area (Å²) in [6.07, 6.45) is 5.53. The number of ether oxygens (including phenoxy) is 1. The van der Waals surface area contributed by atoms with Gasteiger partial charge in [0, 0.05) is 19.2 Å². The lowest BCUT2D eigenvalue weighted by Gasteiger charge is -2.23. The number of rotatable bonds is 9. The fourth-order valence-corrected chi connectivity index (χ4v) is 2.78. The van der Waals surface area contributed by atoms with Gasteiger partial charge in [0.15, 0.2) is 0 Å². The minimum absolute atomic E-state index is 0.778. The summed E-state index contributed by atoms with van der Waals surface area (Å²) in [6, 6.07) is 0.778. The summed E-state index contributed by atoms with van der Waals surface area (Å²) >= 11 is 0. The smallest absolute Gasteiger partial charge is 0.0593 e. The van der Waals surface area contributed by atoms with E-state index in [1.807, 2.05) is 0 Å². The maximum atomic E-state index is 5.38. The van der Waals surface area contributed by atoms with Crippen LogP contribution in [0.4, 0.5) is 0 Å². The van der Waals surface area contributed by atoms with Crippen molar-refractivity contribution in [2.24, 2.45) is 5.92 Å². The van der Waals surface area contributed by atoms with Crippen LogP contribution in [0, 0.1) is 5.92 Å². The van der Waals surface area contributed by atoms with Gasteiger partial charge >= 0.3 is 0 Å². The van der Waals surface area contributed by atoms with Crippen LogP contribution in [0.5, 0.6) is 0 Å². The molecule has 0 spiro atoms. The van der Waals surface area contributed by atoms with E-state index < -0.39 is 0 Å². The lowest BCUT2D eigenvalue weighted by molar-refractivity contribution is 0.119. The second kappa shape index (κ2) is 8.90. The zero-order valence-corrected chi connectivity index (χ0v) is 11.9. The number of hydrogen-bond donors (Lipinski definition) is 1. The average molecular weight is 242 g/mol. The summed E-state index contributed by atoms with van der Waals surface area (Å²) in [5.41, 5.74) is 0. The first-order valence-corrected chi connectivity index (χ1v) is 7.27. The Hall–Kier alpha value is -0.120. The largest absolute Gasteiger partial charge is 0.380 e. The third-order valence-electron chi connectivity index (χ3n) is 3.83. The number of nitrogens with zero attached hydrogens (tertiary/aromatic N) is 1. The first-order chi connectivity index (χ1) is 8.27. The van der Waals surface area contributed by atoms with Crippen molar-refractivity contribution < 1.29 is 4.74 Å². The molecule has 0 aromatic rings. The van der Waals surface area contributed by atoms with Crippen LogP contribution in [0.1, 0.15) is 39.5 Å². The molecule has 1 aliphatic carbocycles. The van der Waals surface area contributed by atoms with E-state index in [4.69, 9.17) is 4.74 Å². The minimum atomic E-state index is 0.778. The zero-order chi connectivity index (χ0) is 12.5. The standard InChI is InChI=1S/C14H30N2O/c1-4-15-14-8-6-7-13(14)9-10-16(3)11-12-17-5-2/h13-15H,4-12H2,1-3H3. The summed E-state index contributed by atoms with van der Waals surface area (Å²) in [4.78, 5) is 2.40. The highest BCUT2D eigenvalue weighted by Gasteiger charge is 2.25. The van der Waals surface area contributed by atoms with Crippen molar-refractivity contribution in [1.82, 2.24) is 10.2 Å². The molecule has 1 rings (SSSR count). The highest BCUT2D eigenvalue weighted by molar-refractivity contribution is 4.83. The third kappa shape index (κ3) is 5.84. The van der Waals surface area contributed by atoms with Crippen LogP contribution in [-0.2, 0) is 4.74 Å². The van der Waals surface area contributed by atoms with Crippen molar-refractivity contribution in [3.8, 4) is 0 Å². The molecule has 2 unspecified atom stereocenters. The van der Waals surface area contributed by atoms with E-state index in [1.54, 1.807) is 0 Å². The highest BCUT2D eigenvalue weighted by Crippen LogP contribution is 2.28. The molecule has 1 N–H and O–H groups in total. The van der Waals surface area contributed by atoms with Gasteiger partial charge in [0.25, 0.3) is 0 Å². The minimum Gasteiger partial charge on any atom is -0.380 e. The molecular weight excluding hydrogens is 212 g/mol. The molecule has 1 aliphatic rings. The van der Waals surface area contributed by atoms with Gasteiger partial charge in [-0.3, -0.25) is 0 Å². The van der Waals surface area contributed by atoms with Crippen LogP contribution in [0.2, 0.25) is 0 Å². The first kappa shape index (κ1) is 14.9. The Morgan fingerprint density at radius 3 is 2.76 bits per heavy atom. The van der Waals surface area contributed by atoms with Crippen molar-refractivity contribution in [2.75, 3.05) is 39.9 Å². The highest BCUT2D eigenvalue weighted by atomic mass is 16.5. The second-order valence-electron chi connectivity index (χ2n) is 5.14. The molecule has 3 heteroatoms. The molecule has 17 heavy (non-hydrogen) atoms. The molecule has 0 heterocycles. The SMILES string of the molecule is CCNC1CCCC1CCN(C)CCOCC. The first-order valence-electron chi connectivity index (χ1n) is 7.27. The van der Waals surface area contributed by atoms with Gasteiger partial charge in [0.2, 0.25) is 0 Å². The van der Waals surface area contributed by atoms with E-state index in [0.717, 1.165) is 38.3 Å². The predicted molar refractivity (Wildman–Crippen MR) is 73.4 cm³/mol. The lowest BCUT2D eigenvalue weighted by Crippen LogP contribution is -2.34. The third-order valence-corrected chi connectivity index (χ3v) is 3.83. The maximum absolute atomic E-state index is 5.38. The average Bonchev–Trinajstić information content (AvgIpc) is 2.75. The van der Waals surface area contributed by atoms with Gasteiger partial charge in [0.1, 0.15) is 0 Å². The van der Waals surface area contributed by atoms with Crippen molar-refractivity contribution in [3.63, 3.8) is 0 Å². The molecule has 0 radical (unpaired) electrons. The molecular formula is C14H30N2O. The molecule has 0 saturated heterocycles. The Kier molecular flexibility index (Phi) is 7.82. The predicted octanol–water partition coefficient (Wildman–Crippen LogP) is 2.12. The lowest BCUT2D eigenvalue weighted by atomic mass is 9.99. The van der Waals surface area contributed by atoms with Crippen molar-refractivity contribution in [1.29, 1.82) is 0 Å². The second-order valence-corrected chi connectivity index (χ2v) is 5.14. The topological polar surface area (TPSA) is 24.5 Å². The molecule has 0 aromatic carbocycles.